The molecule has 3 aromatic rings. The molecule has 1 aliphatic heterocycles. The van der Waals surface area contributed by atoms with Crippen molar-refractivity contribution < 1.29 is 23.8 Å². The van der Waals surface area contributed by atoms with Crippen molar-refractivity contribution in [3.8, 4) is 17.2 Å². The van der Waals surface area contributed by atoms with Gasteiger partial charge in [-0.15, -0.1) is 0 Å². The molecule has 0 unspecified atom stereocenters. The van der Waals surface area contributed by atoms with Crippen LogP contribution < -0.4 is 24.4 Å². The number of nitrogens with one attached hydrogen (secondary N) is 1. The maximum absolute atomic E-state index is 12.5. The summed E-state index contributed by atoms with van der Waals surface area (Å²) in [5.41, 5.74) is 2.37. The monoisotopic (exact) mass is 446 g/mol. The molecule has 0 saturated carbocycles. The van der Waals surface area contributed by atoms with E-state index in [1.807, 2.05) is 49.4 Å². The van der Waals surface area contributed by atoms with E-state index in [0.29, 0.717) is 42.4 Å². The number of amides is 2. The lowest BCUT2D eigenvalue weighted by Crippen LogP contribution is -2.39. The molecule has 0 saturated heterocycles. The van der Waals surface area contributed by atoms with Gasteiger partial charge in [-0.2, -0.15) is 0 Å². The number of anilines is 2. The average molecular weight is 447 g/mol. The van der Waals surface area contributed by atoms with Crippen LogP contribution in [0.3, 0.4) is 0 Å². The highest BCUT2D eigenvalue weighted by Crippen LogP contribution is 2.34. The molecule has 170 valence electrons. The Hall–Kier alpha value is -4.00. The molecule has 0 fully saturated rings. The van der Waals surface area contributed by atoms with Crippen molar-refractivity contribution in [3.63, 3.8) is 0 Å². The van der Waals surface area contributed by atoms with E-state index in [2.05, 4.69) is 5.32 Å². The van der Waals surface area contributed by atoms with Gasteiger partial charge in [0.05, 0.1) is 12.3 Å². The van der Waals surface area contributed by atoms with Gasteiger partial charge in [0.2, 0.25) is 0 Å². The zero-order valence-electron chi connectivity index (χ0n) is 18.5. The van der Waals surface area contributed by atoms with Gasteiger partial charge in [-0.1, -0.05) is 35.9 Å². The highest BCUT2D eigenvalue weighted by molar-refractivity contribution is 5.99. The van der Waals surface area contributed by atoms with Crippen LogP contribution in [0.4, 0.5) is 11.4 Å². The minimum Gasteiger partial charge on any atom is -0.494 e. The molecule has 7 heteroatoms. The van der Waals surface area contributed by atoms with E-state index in [1.54, 1.807) is 35.2 Å². The van der Waals surface area contributed by atoms with Crippen molar-refractivity contribution in [3.05, 3.63) is 78.4 Å². The van der Waals surface area contributed by atoms with E-state index >= 15 is 0 Å². The summed E-state index contributed by atoms with van der Waals surface area (Å²) in [6, 6.07) is 22.2. The predicted molar refractivity (Wildman–Crippen MR) is 126 cm³/mol. The first-order chi connectivity index (χ1) is 16.1. The van der Waals surface area contributed by atoms with Gasteiger partial charge in [0.1, 0.15) is 17.2 Å². The quantitative estimate of drug-likeness (QED) is 0.499. The number of hydrogen-bond donors (Lipinski definition) is 1. The molecule has 1 heterocycles. The Morgan fingerprint density at radius 1 is 1.00 bits per heavy atom. The first-order valence-corrected chi connectivity index (χ1v) is 10.8. The fourth-order valence-corrected chi connectivity index (χ4v) is 3.43. The van der Waals surface area contributed by atoms with Gasteiger partial charge in [-0.05, 0) is 55.8 Å². The molecule has 3 aromatic carbocycles. The summed E-state index contributed by atoms with van der Waals surface area (Å²) in [5, 5.41) is 2.81. The van der Waals surface area contributed by atoms with Crippen molar-refractivity contribution in [2.45, 2.75) is 13.3 Å². The number of para-hydroxylation sites is 1. The van der Waals surface area contributed by atoms with E-state index in [1.165, 1.54) is 5.56 Å². The third-order valence-electron chi connectivity index (χ3n) is 5.11. The van der Waals surface area contributed by atoms with Crippen LogP contribution in [-0.2, 0) is 9.59 Å². The van der Waals surface area contributed by atoms with Crippen LogP contribution in [0.5, 0.6) is 17.2 Å². The molecular formula is C26H26N2O5. The fourth-order valence-electron chi connectivity index (χ4n) is 3.43. The highest BCUT2D eigenvalue weighted by Gasteiger charge is 2.25. The van der Waals surface area contributed by atoms with Gasteiger partial charge < -0.3 is 24.4 Å². The second-order valence-electron chi connectivity index (χ2n) is 7.68. The molecule has 7 nitrogen and oxygen atoms in total. The molecule has 0 bridgehead atoms. The number of benzene rings is 3. The van der Waals surface area contributed by atoms with E-state index in [0.717, 1.165) is 5.75 Å². The van der Waals surface area contributed by atoms with Crippen molar-refractivity contribution in [2.24, 2.45) is 0 Å². The number of aryl methyl sites for hydroxylation is 1. The Morgan fingerprint density at radius 3 is 2.55 bits per heavy atom. The Bertz CT molecular complexity index is 1100. The minimum absolute atomic E-state index is 0.0115. The molecule has 2 amide bonds. The standard InChI is InChI=1S/C26H26N2O5/c1-19-8-11-22(12-9-19)31-15-5-14-28-23-16-20(10-13-24(23)33-18-26(28)30)27-25(29)17-32-21-6-3-2-4-7-21/h2-4,6-13,16H,5,14-15,17-18H2,1H3,(H,27,29). The van der Waals surface area contributed by atoms with Crippen LogP contribution in [-0.4, -0.2) is 38.2 Å². The van der Waals surface area contributed by atoms with Gasteiger partial charge in [0.25, 0.3) is 11.8 Å². The Kier molecular flexibility index (Phi) is 7.09. The summed E-state index contributed by atoms with van der Waals surface area (Å²) >= 11 is 0. The largest absolute Gasteiger partial charge is 0.494 e. The Labute approximate surface area is 192 Å². The maximum Gasteiger partial charge on any atom is 0.265 e. The fraction of sp³-hybridized carbons (Fsp3) is 0.231. The number of carbonyl (C=O) groups is 2. The summed E-state index contributed by atoms with van der Waals surface area (Å²) < 4.78 is 16.8. The molecule has 33 heavy (non-hydrogen) atoms. The first kappa shape index (κ1) is 22.2. The zero-order valence-corrected chi connectivity index (χ0v) is 18.5. The normalized spacial score (nSPS) is 12.5. The second-order valence-corrected chi connectivity index (χ2v) is 7.68. The Balaban J connectivity index is 1.34. The molecule has 0 aromatic heterocycles. The molecule has 0 aliphatic carbocycles. The van der Waals surface area contributed by atoms with Crippen molar-refractivity contribution >= 4 is 23.2 Å². The van der Waals surface area contributed by atoms with E-state index in [4.69, 9.17) is 14.2 Å². The zero-order chi connectivity index (χ0) is 23.0. The molecule has 1 aliphatic rings. The molecular weight excluding hydrogens is 420 g/mol. The number of hydrogen-bond acceptors (Lipinski definition) is 5. The lowest BCUT2D eigenvalue weighted by Gasteiger charge is -2.30. The van der Waals surface area contributed by atoms with Gasteiger partial charge in [-0.25, -0.2) is 0 Å². The third-order valence-corrected chi connectivity index (χ3v) is 5.11. The van der Waals surface area contributed by atoms with Gasteiger partial charge in [-0.3, -0.25) is 9.59 Å². The molecule has 0 radical (unpaired) electrons. The number of carbonyl (C=O) groups excluding carboxylic acids is 2. The third kappa shape index (κ3) is 6.04. The number of fused-ring (bicyclic) bond motifs is 1. The summed E-state index contributed by atoms with van der Waals surface area (Å²) in [5.74, 6) is 1.61. The topological polar surface area (TPSA) is 77.1 Å². The first-order valence-electron chi connectivity index (χ1n) is 10.8. The summed E-state index contributed by atoms with van der Waals surface area (Å²) in [4.78, 5) is 26.5. The summed E-state index contributed by atoms with van der Waals surface area (Å²) in [7, 11) is 0. The second kappa shape index (κ2) is 10.5. The van der Waals surface area contributed by atoms with Crippen molar-refractivity contribution in [1.82, 2.24) is 0 Å². The highest BCUT2D eigenvalue weighted by atomic mass is 16.5. The van der Waals surface area contributed by atoms with Crippen LogP contribution in [0.25, 0.3) is 0 Å². The lowest BCUT2D eigenvalue weighted by molar-refractivity contribution is -0.121. The Morgan fingerprint density at radius 2 is 1.76 bits per heavy atom. The number of nitrogens with zero attached hydrogens (tertiary/aromatic N) is 1. The minimum atomic E-state index is -0.292. The molecule has 0 spiro atoms. The summed E-state index contributed by atoms with van der Waals surface area (Å²) in [6.45, 7) is 2.86. The van der Waals surface area contributed by atoms with Crippen molar-refractivity contribution in [2.75, 3.05) is 36.6 Å². The van der Waals surface area contributed by atoms with Crippen LogP contribution in [0, 0.1) is 6.92 Å². The van der Waals surface area contributed by atoms with Gasteiger partial charge >= 0.3 is 0 Å². The van der Waals surface area contributed by atoms with Gasteiger partial charge in [0.15, 0.2) is 13.2 Å². The van der Waals surface area contributed by atoms with E-state index < -0.39 is 0 Å². The number of rotatable bonds is 9. The van der Waals surface area contributed by atoms with E-state index in [-0.39, 0.29) is 25.0 Å². The SMILES string of the molecule is Cc1ccc(OCCCN2C(=O)COc3ccc(NC(=O)COc4ccccc4)cc32)cc1. The van der Waals surface area contributed by atoms with Crippen LogP contribution in [0.2, 0.25) is 0 Å². The smallest absolute Gasteiger partial charge is 0.265 e. The maximum atomic E-state index is 12.5. The van der Waals surface area contributed by atoms with Crippen LogP contribution in [0.15, 0.2) is 72.8 Å². The molecule has 4 rings (SSSR count). The summed E-state index contributed by atoms with van der Waals surface area (Å²) in [6.07, 6.45) is 0.653. The van der Waals surface area contributed by atoms with Crippen LogP contribution >= 0.6 is 0 Å². The average Bonchev–Trinajstić information content (AvgIpc) is 2.83. The molecule has 0 atom stereocenters. The predicted octanol–water partition coefficient (Wildman–Crippen LogP) is 4.21. The lowest BCUT2D eigenvalue weighted by atomic mass is 10.2. The van der Waals surface area contributed by atoms with Gasteiger partial charge in [0, 0.05) is 12.2 Å². The van der Waals surface area contributed by atoms with E-state index in [9.17, 15) is 9.59 Å². The molecule has 1 N–H and O–H groups in total. The number of ether oxygens (including phenoxy) is 3. The van der Waals surface area contributed by atoms with Crippen molar-refractivity contribution in [1.29, 1.82) is 0 Å². The van der Waals surface area contributed by atoms with Crippen LogP contribution in [0.1, 0.15) is 12.0 Å².